The second-order valence-electron chi connectivity index (χ2n) is 6.46. The molecule has 0 unspecified atom stereocenters. The topological polar surface area (TPSA) is 64.6 Å². The van der Waals surface area contributed by atoms with Gasteiger partial charge >= 0.3 is 5.97 Å². The minimum atomic E-state index is -0.375. The van der Waals surface area contributed by atoms with Crippen LogP contribution in [0.3, 0.4) is 0 Å². The molecule has 0 radical (unpaired) electrons. The molecule has 1 aliphatic rings. The molecule has 0 aliphatic heterocycles. The Bertz CT molecular complexity index is 880. The molecule has 1 heterocycles. The fraction of sp³-hybridized carbons (Fsp3) is 0.333. The van der Waals surface area contributed by atoms with Gasteiger partial charge in [-0.25, -0.2) is 4.79 Å². The lowest BCUT2D eigenvalue weighted by atomic mass is 10.1. The number of aryl methyl sites for hydroxylation is 1. The molecule has 2 aromatic rings. The number of esters is 1. The molecule has 0 spiro atoms. The summed E-state index contributed by atoms with van der Waals surface area (Å²) in [6.07, 6.45) is 5.30. The molecule has 1 N–H and O–H groups in total. The van der Waals surface area contributed by atoms with E-state index in [4.69, 9.17) is 9.47 Å². The molecule has 1 aliphatic carbocycles. The molecular formula is C21H23NO4S. The zero-order chi connectivity index (χ0) is 19.4. The van der Waals surface area contributed by atoms with Gasteiger partial charge in [0.25, 0.3) is 0 Å². The van der Waals surface area contributed by atoms with Gasteiger partial charge in [-0.05, 0) is 61.8 Å². The molecule has 0 bridgehead atoms. The maximum absolute atomic E-state index is 12.4. The van der Waals surface area contributed by atoms with E-state index in [1.54, 1.807) is 20.1 Å². The second kappa shape index (κ2) is 8.39. The third kappa shape index (κ3) is 4.57. The van der Waals surface area contributed by atoms with Crippen LogP contribution in [0.5, 0.6) is 5.75 Å². The first-order valence-corrected chi connectivity index (χ1v) is 9.83. The SMILES string of the molecule is CCOC(=O)c1c(C2CC2)csc1NC(=O)/C=C/c1cc(C)ccc1OC. The normalized spacial score (nSPS) is 13.6. The van der Waals surface area contributed by atoms with Crippen molar-refractivity contribution >= 4 is 34.3 Å². The van der Waals surface area contributed by atoms with E-state index in [0.717, 1.165) is 29.5 Å². The Morgan fingerprint density at radius 1 is 1.33 bits per heavy atom. The Balaban J connectivity index is 1.78. The van der Waals surface area contributed by atoms with Crippen LogP contribution in [-0.2, 0) is 9.53 Å². The van der Waals surface area contributed by atoms with Gasteiger partial charge in [-0.2, -0.15) is 0 Å². The third-order valence-corrected chi connectivity index (χ3v) is 5.27. The van der Waals surface area contributed by atoms with Gasteiger partial charge in [0.05, 0.1) is 19.3 Å². The number of hydrogen-bond acceptors (Lipinski definition) is 5. The van der Waals surface area contributed by atoms with Gasteiger partial charge in [0, 0.05) is 11.6 Å². The van der Waals surface area contributed by atoms with Crippen LogP contribution in [0.25, 0.3) is 6.08 Å². The molecule has 1 saturated carbocycles. The predicted molar refractivity (Wildman–Crippen MR) is 108 cm³/mol. The lowest BCUT2D eigenvalue weighted by Crippen LogP contribution is -2.13. The van der Waals surface area contributed by atoms with Crippen LogP contribution in [0, 0.1) is 6.92 Å². The quantitative estimate of drug-likeness (QED) is 0.551. The standard InChI is InChI=1S/C21H23NO4S/c1-4-26-21(24)19-16(14-6-7-14)12-27-20(19)22-18(23)10-8-15-11-13(2)5-9-17(15)25-3/h5,8-12,14H,4,6-7H2,1-3H3,(H,22,23)/b10-8+. The van der Waals surface area contributed by atoms with Crippen molar-refractivity contribution < 1.29 is 19.1 Å². The van der Waals surface area contributed by atoms with Crippen molar-refractivity contribution in [2.24, 2.45) is 0 Å². The van der Waals surface area contributed by atoms with Crippen molar-refractivity contribution in [1.29, 1.82) is 0 Å². The first kappa shape index (κ1) is 19.2. The Labute approximate surface area is 163 Å². The average molecular weight is 385 g/mol. The predicted octanol–water partition coefficient (Wildman–Crippen LogP) is 4.77. The van der Waals surface area contributed by atoms with Crippen LogP contribution in [0.15, 0.2) is 29.7 Å². The number of carbonyl (C=O) groups is 2. The number of nitrogens with one attached hydrogen (secondary N) is 1. The number of ether oxygens (including phenoxy) is 2. The van der Waals surface area contributed by atoms with Gasteiger partial charge < -0.3 is 14.8 Å². The van der Waals surface area contributed by atoms with E-state index in [2.05, 4.69) is 5.32 Å². The monoisotopic (exact) mass is 385 g/mol. The van der Waals surface area contributed by atoms with E-state index >= 15 is 0 Å². The van der Waals surface area contributed by atoms with Crippen molar-refractivity contribution in [3.8, 4) is 5.75 Å². The number of carbonyl (C=O) groups excluding carboxylic acids is 2. The number of anilines is 1. The molecule has 0 saturated heterocycles. The van der Waals surface area contributed by atoms with Crippen LogP contribution in [-0.4, -0.2) is 25.6 Å². The lowest BCUT2D eigenvalue weighted by Gasteiger charge is -2.07. The van der Waals surface area contributed by atoms with Crippen molar-refractivity contribution in [3.63, 3.8) is 0 Å². The van der Waals surface area contributed by atoms with Crippen molar-refractivity contribution in [3.05, 3.63) is 51.9 Å². The Morgan fingerprint density at radius 3 is 2.78 bits per heavy atom. The number of amides is 1. The number of benzene rings is 1. The highest BCUT2D eigenvalue weighted by molar-refractivity contribution is 7.15. The van der Waals surface area contributed by atoms with Crippen molar-refractivity contribution in [1.82, 2.24) is 0 Å². The van der Waals surface area contributed by atoms with E-state index in [0.29, 0.717) is 28.8 Å². The van der Waals surface area contributed by atoms with E-state index in [9.17, 15) is 9.59 Å². The maximum atomic E-state index is 12.4. The van der Waals surface area contributed by atoms with Crippen LogP contribution in [0.2, 0.25) is 0 Å². The number of rotatable bonds is 7. The summed E-state index contributed by atoms with van der Waals surface area (Å²) in [6.45, 7) is 4.06. The number of thiophene rings is 1. The Morgan fingerprint density at radius 2 is 2.11 bits per heavy atom. The van der Waals surface area contributed by atoms with Gasteiger partial charge in [-0.1, -0.05) is 11.6 Å². The van der Waals surface area contributed by atoms with Gasteiger partial charge in [0.2, 0.25) is 5.91 Å². The summed E-state index contributed by atoms with van der Waals surface area (Å²) < 4.78 is 10.5. The zero-order valence-electron chi connectivity index (χ0n) is 15.7. The summed E-state index contributed by atoms with van der Waals surface area (Å²) >= 11 is 1.37. The highest BCUT2D eigenvalue weighted by Crippen LogP contribution is 2.46. The molecule has 5 nitrogen and oxygen atoms in total. The van der Waals surface area contributed by atoms with Gasteiger partial charge in [0.1, 0.15) is 10.8 Å². The summed E-state index contributed by atoms with van der Waals surface area (Å²) in [7, 11) is 1.60. The van der Waals surface area contributed by atoms with Gasteiger partial charge in [-0.15, -0.1) is 11.3 Å². The lowest BCUT2D eigenvalue weighted by molar-refractivity contribution is -0.111. The number of hydrogen-bond donors (Lipinski definition) is 1. The first-order valence-electron chi connectivity index (χ1n) is 8.95. The fourth-order valence-electron chi connectivity index (χ4n) is 2.87. The summed E-state index contributed by atoms with van der Waals surface area (Å²) in [5, 5.41) is 5.32. The van der Waals surface area contributed by atoms with Crippen molar-refractivity contribution in [2.45, 2.75) is 32.6 Å². The summed E-state index contributed by atoms with van der Waals surface area (Å²) in [6, 6.07) is 5.77. The minimum absolute atomic E-state index is 0.298. The Hall–Kier alpha value is -2.60. The van der Waals surface area contributed by atoms with Gasteiger partial charge in [-0.3, -0.25) is 4.79 Å². The molecule has 3 rings (SSSR count). The number of methoxy groups -OCH3 is 1. The zero-order valence-corrected chi connectivity index (χ0v) is 16.5. The molecule has 1 aromatic carbocycles. The van der Waals surface area contributed by atoms with E-state index in [-0.39, 0.29) is 11.9 Å². The van der Waals surface area contributed by atoms with E-state index in [1.165, 1.54) is 17.4 Å². The van der Waals surface area contributed by atoms with Crippen LogP contribution in [0.4, 0.5) is 5.00 Å². The van der Waals surface area contributed by atoms with Crippen molar-refractivity contribution in [2.75, 3.05) is 19.0 Å². The van der Waals surface area contributed by atoms with Gasteiger partial charge in [0.15, 0.2) is 0 Å². The molecule has 27 heavy (non-hydrogen) atoms. The first-order chi connectivity index (χ1) is 13.0. The van der Waals surface area contributed by atoms with Crippen LogP contribution >= 0.6 is 11.3 Å². The maximum Gasteiger partial charge on any atom is 0.341 e. The summed E-state index contributed by atoms with van der Waals surface area (Å²) in [4.78, 5) is 24.8. The largest absolute Gasteiger partial charge is 0.496 e. The average Bonchev–Trinajstić information content (AvgIpc) is 3.41. The summed E-state index contributed by atoms with van der Waals surface area (Å²) in [5.41, 5.74) is 3.38. The molecule has 1 aromatic heterocycles. The highest BCUT2D eigenvalue weighted by Gasteiger charge is 2.32. The van der Waals surface area contributed by atoms with E-state index in [1.807, 2.05) is 30.5 Å². The molecule has 1 amide bonds. The smallest absolute Gasteiger partial charge is 0.341 e. The summed E-state index contributed by atoms with van der Waals surface area (Å²) in [5.74, 6) is 0.427. The fourth-order valence-corrected chi connectivity index (χ4v) is 3.91. The second-order valence-corrected chi connectivity index (χ2v) is 7.34. The molecule has 1 fully saturated rings. The molecule has 142 valence electrons. The molecule has 6 heteroatoms. The highest BCUT2D eigenvalue weighted by atomic mass is 32.1. The molecule has 0 atom stereocenters. The van der Waals surface area contributed by atoms with Crippen LogP contribution < -0.4 is 10.1 Å². The Kier molecular flexibility index (Phi) is 5.96. The third-order valence-electron chi connectivity index (χ3n) is 4.35. The minimum Gasteiger partial charge on any atom is -0.496 e. The van der Waals surface area contributed by atoms with Crippen LogP contribution in [0.1, 0.15) is 52.7 Å². The van der Waals surface area contributed by atoms with E-state index < -0.39 is 0 Å². The molecular weight excluding hydrogens is 362 g/mol.